The minimum atomic E-state index is 0.228. The summed E-state index contributed by atoms with van der Waals surface area (Å²) in [5, 5.41) is 0. The average molecular weight is 278 g/mol. The Hall–Kier alpha value is -1.56. The van der Waals surface area contributed by atoms with Crippen molar-refractivity contribution in [1.82, 2.24) is 0 Å². The quantitative estimate of drug-likeness (QED) is 0.668. The zero-order valence-electron chi connectivity index (χ0n) is 13.3. The van der Waals surface area contributed by atoms with E-state index < -0.39 is 0 Å². The molecule has 1 aliphatic rings. The maximum absolute atomic E-state index is 2.43. The fourth-order valence-electron chi connectivity index (χ4n) is 4.20. The Morgan fingerprint density at radius 1 is 0.952 bits per heavy atom. The zero-order valence-corrected chi connectivity index (χ0v) is 13.3. The minimum absolute atomic E-state index is 0.228. The summed E-state index contributed by atoms with van der Waals surface area (Å²) in [7, 11) is 0. The maximum atomic E-state index is 2.43. The van der Waals surface area contributed by atoms with E-state index in [0.29, 0.717) is 0 Å². The van der Waals surface area contributed by atoms with Gasteiger partial charge in [-0.05, 0) is 41.9 Å². The van der Waals surface area contributed by atoms with Crippen LogP contribution in [0.1, 0.15) is 56.2 Å². The van der Waals surface area contributed by atoms with Gasteiger partial charge in [-0.2, -0.15) is 0 Å². The highest BCUT2D eigenvalue weighted by molar-refractivity contribution is 5.42. The molecule has 2 aromatic carbocycles. The average Bonchev–Trinajstić information content (AvgIpc) is 2.92. The number of aryl methyl sites for hydroxylation is 1. The number of hydrogen-bond acceptors (Lipinski definition) is 0. The monoisotopic (exact) mass is 278 g/mol. The van der Waals surface area contributed by atoms with Crippen LogP contribution < -0.4 is 0 Å². The molecule has 0 amide bonds. The van der Waals surface area contributed by atoms with Crippen LogP contribution in [0.4, 0.5) is 0 Å². The van der Waals surface area contributed by atoms with Crippen molar-refractivity contribution >= 4 is 0 Å². The van der Waals surface area contributed by atoms with E-state index in [-0.39, 0.29) is 5.41 Å². The highest BCUT2D eigenvalue weighted by atomic mass is 14.5. The third-order valence-corrected chi connectivity index (χ3v) is 5.35. The van der Waals surface area contributed by atoms with Gasteiger partial charge >= 0.3 is 0 Å². The molecular formula is C21H26. The first-order chi connectivity index (χ1) is 10.3. The molecule has 0 spiro atoms. The molecule has 0 aromatic heterocycles. The largest absolute Gasteiger partial charge is 0.0651 e. The highest BCUT2D eigenvalue weighted by Gasteiger charge is 2.42. The van der Waals surface area contributed by atoms with Gasteiger partial charge in [-0.15, -0.1) is 0 Å². The fourth-order valence-corrected chi connectivity index (χ4v) is 4.20. The number of benzene rings is 2. The topological polar surface area (TPSA) is 0 Å². The van der Waals surface area contributed by atoms with E-state index in [1.54, 1.807) is 0 Å². The van der Waals surface area contributed by atoms with Crippen molar-refractivity contribution in [2.45, 2.75) is 51.4 Å². The van der Waals surface area contributed by atoms with Crippen molar-refractivity contribution in [3.8, 4) is 0 Å². The molecule has 3 rings (SSSR count). The second-order valence-electron chi connectivity index (χ2n) is 6.58. The van der Waals surface area contributed by atoms with Crippen molar-refractivity contribution in [2.75, 3.05) is 0 Å². The summed E-state index contributed by atoms with van der Waals surface area (Å²) in [5.41, 5.74) is 4.71. The number of hydrogen-bond donors (Lipinski definition) is 0. The second-order valence-corrected chi connectivity index (χ2v) is 6.58. The van der Waals surface area contributed by atoms with Crippen molar-refractivity contribution in [3.63, 3.8) is 0 Å². The third kappa shape index (κ3) is 2.52. The van der Waals surface area contributed by atoms with Gasteiger partial charge in [0.1, 0.15) is 0 Å². The molecule has 0 nitrogen and oxygen atoms in total. The predicted molar refractivity (Wildman–Crippen MR) is 90.7 cm³/mol. The first-order valence-corrected chi connectivity index (χ1v) is 8.42. The molecule has 0 aliphatic heterocycles. The summed E-state index contributed by atoms with van der Waals surface area (Å²) < 4.78 is 0. The van der Waals surface area contributed by atoms with Gasteiger partial charge < -0.3 is 0 Å². The van der Waals surface area contributed by atoms with E-state index in [2.05, 4.69) is 68.4 Å². The van der Waals surface area contributed by atoms with Crippen LogP contribution in [-0.2, 0) is 11.8 Å². The molecule has 2 atom stereocenters. The molecule has 2 unspecified atom stereocenters. The number of rotatable bonds is 4. The van der Waals surface area contributed by atoms with Crippen molar-refractivity contribution in [3.05, 3.63) is 71.3 Å². The van der Waals surface area contributed by atoms with Gasteiger partial charge in [0, 0.05) is 5.41 Å². The standard InChI is InChI=1S/C21H26/c1-3-8-18-12-14-20(15-13-18)21(16-7-9-17(21)2)19-10-5-4-6-11-19/h4-6,10-15,17H,3,7-9,16H2,1-2H3. The van der Waals surface area contributed by atoms with Crippen LogP contribution in [0, 0.1) is 5.92 Å². The lowest BCUT2D eigenvalue weighted by molar-refractivity contribution is 0.404. The second kappa shape index (κ2) is 6.05. The smallest absolute Gasteiger partial charge is 0.0228 e. The summed E-state index contributed by atoms with van der Waals surface area (Å²) >= 11 is 0. The van der Waals surface area contributed by atoms with E-state index in [1.807, 2.05) is 0 Å². The normalized spacial score (nSPS) is 25.1. The molecule has 0 bridgehead atoms. The first kappa shape index (κ1) is 14.4. The summed E-state index contributed by atoms with van der Waals surface area (Å²) in [6, 6.07) is 20.6. The lowest BCUT2D eigenvalue weighted by Crippen LogP contribution is -2.30. The Bertz CT molecular complexity index is 567. The van der Waals surface area contributed by atoms with Gasteiger partial charge in [0.15, 0.2) is 0 Å². The van der Waals surface area contributed by atoms with Gasteiger partial charge in [0.25, 0.3) is 0 Å². The van der Waals surface area contributed by atoms with Crippen LogP contribution in [0.25, 0.3) is 0 Å². The molecule has 0 saturated heterocycles. The van der Waals surface area contributed by atoms with E-state index in [0.717, 1.165) is 5.92 Å². The Kier molecular flexibility index (Phi) is 4.14. The first-order valence-electron chi connectivity index (χ1n) is 8.42. The van der Waals surface area contributed by atoms with Gasteiger partial charge in [0.2, 0.25) is 0 Å². The lowest BCUT2D eigenvalue weighted by atomic mass is 9.68. The van der Waals surface area contributed by atoms with Crippen LogP contribution in [0.5, 0.6) is 0 Å². The van der Waals surface area contributed by atoms with Gasteiger partial charge in [0.05, 0.1) is 0 Å². The summed E-state index contributed by atoms with van der Waals surface area (Å²) in [6.45, 7) is 4.68. The van der Waals surface area contributed by atoms with Gasteiger partial charge in [-0.1, -0.05) is 81.3 Å². The van der Waals surface area contributed by atoms with Crippen LogP contribution in [0.15, 0.2) is 54.6 Å². The molecule has 0 heteroatoms. The van der Waals surface area contributed by atoms with E-state index in [4.69, 9.17) is 0 Å². The molecule has 1 aliphatic carbocycles. The summed E-state index contributed by atoms with van der Waals surface area (Å²) in [4.78, 5) is 0. The van der Waals surface area contributed by atoms with Crippen LogP contribution in [-0.4, -0.2) is 0 Å². The third-order valence-electron chi connectivity index (χ3n) is 5.35. The molecule has 0 heterocycles. The summed E-state index contributed by atoms with van der Waals surface area (Å²) in [5.74, 6) is 0.719. The molecule has 2 aromatic rings. The summed E-state index contributed by atoms with van der Waals surface area (Å²) in [6.07, 6.45) is 6.37. The molecule has 21 heavy (non-hydrogen) atoms. The molecule has 1 fully saturated rings. The van der Waals surface area contributed by atoms with Crippen molar-refractivity contribution in [1.29, 1.82) is 0 Å². The Labute approximate surface area is 129 Å². The highest BCUT2D eigenvalue weighted by Crippen LogP contribution is 2.50. The molecular weight excluding hydrogens is 252 g/mol. The van der Waals surface area contributed by atoms with Crippen LogP contribution in [0.2, 0.25) is 0 Å². The molecule has 0 N–H and O–H groups in total. The van der Waals surface area contributed by atoms with Crippen LogP contribution in [0.3, 0.4) is 0 Å². The van der Waals surface area contributed by atoms with Crippen LogP contribution >= 0.6 is 0 Å². The maximum Gasteiger partial charge on any atom is 0.0228 e. The van der Waals surface area contributed by atoms with E-state index in [9.17, 15) is 0 Å². The van der Waals surface area contributed by atoms with E-state index in [1.165, 1.54) is 48.8 Å². The lowest BCUT2D eigenvalue weighted by Gasteiger charge is -2.35. The molecule has 0 radical (unpaired) electrons. The van der Waals surface area contributed by atoms with Gasteiger partial charge in [-0.3, -0.25) is 0 Å². The Balaban J connectivity index is 2.04. The Morgan fingerprint density at radius 3 is 2.19 bits per heavy atom. The van der Waals surface area contributed by atoms with Crippen molar-refractivity contribution in [2.24, 2.45) is 5.92 Å². The molecule has 1 saturated carbocycles. The van der Waals surface area contributed by atoms with E-state index >= 15 is 0 Å². The van der Waals surface area contributed by atoms with Crippen molar-refractivity contribution < 1.29 is 0 Å². The van der Waals surface area contributed by atoms with Gasteiger partial charge in [-0.25, -0.2) is 0 Å². The predicted octanol–water partition coefficient (Wildman–Crippen LogP) is 5.75. The zero-order chi connectivity index (χ0) is 14.7. The minimum Gasteiger partial charge on any atom is -0.0651 e. The SMILES string of the molecule is CCCc1ccc(C2(c3ccccc3)CCCC2C)cc1. The Morgan fingerprint density at radius 2 is 1.62 bits per heavy atom. The fraction of sp³-hybridized carbons (Fsp3) is 0.429. The molecule has 110 valence electrons.